The summed E-state index contributed by atoms with van der Waals surface area (Å²) in [6.45, 7) is 12.5. The van der Waals surface area contributed by atoms with Gasteiger partial charge in [-0.1, -0.05) is 31.8 Å². The third kappa shape index (κ3) is 2.67. The van der Waals surface area contributed by atoms with Crippen molar-refractivity contribution in [3.8, 4) is 0 Å². The summed E-state index contributed by atoms with van der Waals surface area (Å²) in [4.78, 5) is 0. The van der Waals surface area contributed by atoms with Gasteiger partial charge >= 0.3 is 0 Å². The van der Waals surface area contributed by atoms with Crippen LogP contribution >= 0.6 is 0 Å². The van der Waals surface area contributed by atoms with Crippen LogP contribution in [0.25, 0.3) is 0 Å². The number of aliphatic hydroxyl groups is 1. The van der Waals surface area contributed by atoms with E-state index in [1.165, 1.54) is 0 Å². The molecule has 0 aliphatic heterocycles. The van der Waals surface area contributed by atoms with E-state index in [0.29, 0.717) is 0 Å². The summed E-state index contributed by atoms with van der Waals surface area (Å²) in [6, 6.07) is 0. The Bertz CT molecular complexity index is 124. The van der Waals surface area contributed by atoms with Crippen LogP contribution in [0.2, 0.25) is 19.6 Å². The topological polar surface area (TPSA) is 20.2 Å². The van der Waals surface area contributed by atoms with Gasteiger partial charge in [0.1, 0.15) is 0 Å². The van der Waals surface area contributed by atoms with Gasteiger partial charge in [-0.25, -0.2) is 0 Å². The highest BCUT2D eigenvalue weighted by Gasteiger charge is 2.22. The third-order valence-corrected chi connectivity index (χ3v) is 4.01. The van der Waals surface area contributed by atoms with Gasteiger partial charge in [0.05, 0.1) is 14.2 Å². The standard InChI is InChI=1S/C8H18OSi/c1-6-8(9)7(2)10(3,4)5/h8-9H,2,6H2,1,3-5H3. The van der Waals surface area contributed by atoms with Crippen LogP contribution in [0.4, 0.5) is 0 Å². The molecule has 1 atom stereocenters. The van der Waals surface area contributed by atoms with E-state index >= 15 is 0 Å². The monoisotopic (exact) mass is 158 g/mol. The molecule has 0 spiro atoms. The largest absolute Gasteiger partial charge is 0.389 e. The molecule has 1 unspecified atom stereocenters. The van der Waals surface area contributed by atoms with Crippen LogP contribution in [-0.4, -0.2) is 19.3 Å². The molecule has 0 radical (unpaired) electrons. The van der Waals surface area contributed by atoms with Gasteiger partial charge in [0.25, 0.3) is 0 Å². The number of aliphatic hydroxyl groups excluding tert-OH is 1. The molecule has 0 aliphatic carbocycles. The fourth-order valence-corrected chi connectivity index (χ4v) is 1.95. The van der Waals surface area contributed by atoms with Gasteiger partial charge in [0.15, 0.2) is 0 Å². The van der Waals surface area contributed by atoms with Crippen LogP contribution in [0.3, 0.4) is 0 Å². The lowest BCUT2D eigenvalue weighted by molar-refractivity contribution is 0.213. The van der Waals surface area contributed by atoms with Gasteiger partial charge in [-0.15, -0.1) is 6.58 Å². The molecular formula is C8H18OSi. The lowest BCUT2D eigenvalue weighted by Gasteiger charge is -2.23. The maximum atomic E-state index is 9.40. The number of rotatable bonds is 3. The van der Waals surface area contributed by atoms with Crippen LogP contribution in [0, 0.1) is 0 Å². The Morgan fingerprint density at radius 1 is 1.50 bits per heavy atom. The van der Waals surface area contributed by atoms with Crippen molar-refractivity contribution in [3.63, 3.8) is 0 Å². The molecule has 0 heterocycles. The minimum Gasteiger partial charge on any atom is -0.389 e. The van der Waals surface area contributed by atoms with Crippen molar-refractivity contribution < 1.29 is 5.11 Å². The first-order valence-corrected chi connectivity index (χ1v) is 7.27. The Balaban J connectivity index is 4.09. The van der Waals surface area contributed by atoms with E-state index in [-0.39, 0.29) is 6.10 Å². The Kier molecular flexibility index (Phi) is 3.32. The fraction of sp³-hybridized carbons (Fsp3) is 0.750. The molecule has 0 aromatic heterocycles. The highest BCUT2D eigenvalue weighted by atomic mass is 28.3. The third-order valence-electron chi connectivity index (χ3n) is 1.75. The van der Waals surface area contributed by atoms with Crippen LogP contribution in [0.1, 0.15) is 13.3 Å². The average Bonchev–Trinajstić information content (AvgIpc) is 1.83. The summed E-state index contributed by atoms with van der Waals surface area (Å²) < 4.78 is 0. The van der Waals surface area contributed by atoms with Crippen LogP contribution < -0.4 is 0 Å². The second-order valence-electron chi connectivity index (χ2n) is 3.70. The second-order valence-corrected chi connectivity index (χ2v) is 8.84. The number of hydrogen-bond donors (Lipinski definition) is 1. The minimum absolute atomic E-state index is 0.272. The molecule has 0 amide bonds. The molecule has 60 valence electrons. The summed E-state index contributed by atoms with van der Waals surface area (Å²) in [5.74, 6) is 0. The van der Waals surface area contributed by atoms with Gasteiger partial charge < -0.3 is 5.11 Å². The molecule has 2 heteroatoms. The zero-order chi connectivity index (χ0) is 8.36. The SMILES string of the molecule is C=C(C(O)CC)[Si](C)(C)C. The maximum Gasteiger partial charge on any atom is 0.0750 e. The molecule has 1 nitrogen and oxygen atoms in total. The highest BCUT2D eigenvalue weighted by Crippen LogP contribution is 2.17. The molecule has 0 saturated heterocycles. The summed E-state index contributed by atoms with van der Waals surface area (Å²) in [6.07, 6.45) is 0.523. The first-order valence-electron chi connectivity index (χ1n) is 3.77. The van der Waals surface area contributed by atoms with Gasteiger partial charge in [0.2, 0.25) is 0 Å². The van der Waals surface area contributed by atoms with Crippen molar-refractivity contribution in [1.29, 1.82) is 0 Å². The molecule has 0 saturated carbocycles. The van der Waals surface area contributed by atoms with Crippen LogP contribution in [0.15, 0.2) is 11.8 Å². The Morgan fingerprint density at radius 3 is 2.00 bits per heavy atom. The van der Waals surface area contributed by atoms with E-state index < -0.39 is 8.07 Å². The first kappa shape index (κ1) is 9.92. The smallest absolute Gasteiger partial charge is 0.0750 e. The predicted octanol–water partition coefficient (Wildman–Crippen LogP) is 2.19. The Morgan fingerprint density at radius 2 is 1.90 bits per heavy atom. The number of hydrogen-bond acceptors (Lipinski definition) is 1. The van der Waals surface area contributed by atoms with Gasteiger partial charge in [-0.05, 0) is 6.42 Å². The van der Waals surface area contributed by atoms with Crippen molar-refractivity contribution in [2.45, 2.75) is 39.1 Å². The molecule has 0 aliphatic rings. The summed E-state index contributed by atoms with van der Waals surface area (Å²) in [5.41, 5.74) is 0. The first-order chi connectivity index (χ1) is 4.39. The summed E-state index contributed by atoms with van der Waals surface area (Å²) in [5, 5.41) is 10.5. The van der Waals surface area contributed by atoms with Crippen LogP contribution in [0.5, 0.6) is 0 Å². The van der Waals surface area contributed by atoms with Crippen LogP contribution in [-0.2, 0) is 0 Å². The zero-order valence-corrected chi connectivity index (χ0v) is 8.44. The fourth-order valence-electron chi connectivity index (χ4n) is 0.746. The minimum atomic E-state index is -1.29. The zero-order valence-electron chi connectivity index (χ0n) is 7.44. The summed E-state index contributed by atoms with van der Waals surface area (Å²) in [7, 11) is -1.29. The van der Waals surface area contributed by atoms with E-state index in [0.717, 1.165) is 11.6 Å². The van der Waals surface area contributed by atoms with Crippen molar-refractivity contribution in [2.75, 3.05) is 0 Å². The molecule has 0 fully saturated rings. The molecule has 0 aromatic rings. The van der Waals surface area contributed by atoms with E-state index in [4.69, 9.17) is 0 Å². The lowest BCUT2D eigenvalue weighted by atomic mass is 10.3. The molecule has 0 aromatic carbocycles. The molecule has 0 rings (SSSR count). The van der Waals surface area contributed by atoms with E-state index in [1.54, 1.807) is 0 Å². The van der Waals surface area contributed by atoms with Gasteiger partial charge in [-0.3, -0.25) is 0 Å². The van der Waals surface area contributed by atoms with Crippen molar-refractivity contribution >= 4 is 8.07 Å². The van der Waals surface area contributed by atoms with E-state index in [1.807, 2.05) is 6.92 Å². The molecule has 1 N–H and O–H groups in total. The normalized spacial score (nSPS) is 14.9. The predicted molar refractivity (Wildman–Crippen MR) is 48.8 cm³/mol. The summed E-state index contributed by atoms with van der Waals surface area (Å²) >= 11 is 0. The van der Waals surface area contributed by atoms with E-state index in [2.05, 4.69) is 26.2 Å². The quantitative estimate of drug-likeness (QED) is 0.624. The van der Waals surface area contributed by atoms with Gasteiger partial charge in [0, 0.05) is 0 Å². The lowest BCUT2D eigenvalue weighted by Crippen LogP contribution is -2.30. The Hall–Kier alpha value is -0.0831. The average molecular weight is 158 g/mol. The second kappa shape index (κ2) is 3.35. The van der Waals surface area contributed by atoms with E-state index in [9.17, 15) is 5.11 Å². The maximum absolute atomic E-state index is 9.40. The Labute approximate surface area is 64.8 Å². The van der Waals surface area contributed by atoms with Crippen molar-refractivity contribution in [3.05, 3.63) is 11.8 Å². The molecular weight excluding hydrogens is 140 g/mol. The molecule has 0 bridgehead atoms. The molecule has 10 heavy (non-hydrogen) atoms. The van der Waals surface area contributed by atoms with Gasteiger partial charge in [-0.2, -0.15) is 0 Å². The highest BCUT2D eigenvalue weighted by molar-refractivity contribution is 6.83. The van der Waals surface area contributed by atoms with Crippen molar-refractivity contribution in [1.82, 2.24) is 0 Å². The van der Waals surface area contributed by atoms with Crippen molar-refractivity contribution in [2.24, 2.45) is 0 Å².